The van der Waals surface area contributed by atoms with Crippen LogP contribution in [0.1, 0.15) is 36.5 Å². The maximum atomic E-state index is 14.3. The lowest BCUT2D eigenvalue weighted by atomic mass is 9.96. The molecule has 0 aliphatic carbocycles. The molecule has 2 rings (SSSR count). The molecule has 0 bridgehead atoms. The summed E-state index contributed by atoms with van der Waals surface area (Å²) in [5, 5.41) is 0. The van der Waals surface area contributed by atoms with Gasteiger partial charge >= 0.3 is 0 Å². The first-order chi connectivity index (χ1) is 10.5. The SMILES string of the molecule is COc1cc(F)c(C(=O)N2CCCC[C@H]2[C@H](C)N)cc1OC. The summed E-state index contributed by atoms with van der Waals surface area (Å²) in [7, 11) is 2.88. The van der Waals surface area contributed by atoms with Gasteiger partial charge in [-0.2, -0.15) is 0 Å². The summed E-state index contributed by atoms with van der Waals surface area (Å²) >= 11 is 0. The van der Waals surface area contributed by atoms with Crippen molar-refractivity contribution in [2.24, 2.45) is 5.73 Å². The molecule has 2 N–H and O–H groups in total. The third-order valence-corrected chi connectivity index (χ3v) is 4.12. The topological polar surface area (TPSA) is 64.8 Å². The van der Waals surface area contributed by atoms with Crippen LogP contribution >= 0.6 is 0 Å². The van der Waals surface area contributed by atoms with Crippen LogP contribution in [0.4, 0.5) is 4.39 Å². The van der Waals surface area contributed by atoms with Crippen molar-refractivity contribution in [1.82, 2.24) is 4.90 Å². The van der Waals surface area contributed by atoms with Crippen molar-refractivity contribution < 1.29 is 18.7 Å². The summed E-state index contributed by atoms with van der Waals surface area (Å²) in [6, 6.07) is 2.36. The van der Waals surface area contributed by atoms with Crippen LogP contribution in [-0.2, 0) is 0 Å². The van der Waals surface area contributed by atoms with Gasteiger partial charge in [-0.15, -0.1) is 0 Å². The number of nitrogens with zero attached hydrogens (tertiary/aromatic N) is 1. The average Bonchev–Trinajstić information content (AvgIpc) is 2.53. The lowest BCUT2D eigenvalue weighted by Gasteiger charge is -2.38. The molecule has 0 aromatic heterocycles. The van der Waals surface area contributed by atoms with Crippen molar-refractivity contribution in [2.75, 3.05) is 20.8 Å². The number of benzene rings is 1. The summed E-state index contributed by atoms with van der Waals surface area (Å²) < 4.78 is 24.5. The highest BCUT2D eigenvalue weighted by Crippen LogP contribution is 2.31. The summed E-state index contributed by atoms with van der Waals surface area (Å²) in [4.78, 5) is 14.4. The van der Waals surface area contributed by atoms with E-state index in [0.717, 1.165) is 19.3 Å². The van der Waals surface area contributed by atoms with Gasteiger partial charge < -0.3 is 20.1 Å². The highest BCUT2D eigenvalue weighted by Gasteiger charge is 2.31. The molecule has 22 heavy (non-hydrogen) atoms. The van der Waals surface area contributed by atoms with Crippen molar-refractivity contribution in [3.05, 3.63) is 23.5 Å². The van der Waals surface area contributed by atoms with Gasteiger partial charge in [-0.25, -0.2) is 4.39 Å². The van der Waals surface area contributed by atoms with Gasteiger partial charge in [0.25, 0.3) is 5.91 Å². The normalized spacial score (nSPS) is 19.7. The lowest BCUT2D eigenvalue weighted by molar-refractivity contribution is 0.0578. The number of likely N-dealkylation sites (tertiary alicyclic amines) is 1. The fourth-order valence-corrected chi connectivity index (χ4v) is 2.93. The van der Waals surface area contributed by atoms with Crippen LogP contribution < -0.4 is 15.2 Å². The molecule has 1 saturated heterocycles. The van der Waals surface area contributed by atoms with Crippen LogP contribution in [0.5, 0.6) is 11.5 Å². The van der Waals surface area contributed by atoms with Gasteiger partial charge in [-0.05, 0) is 32.3 Å². The lowest BCUT2D eigenvalue weighted by Crippen LogP contribution is -2.51. The van der Waals surface area contributed by atoms with E-state index in [1.807, 2.05) is 6.92 Å². The minimum absolute atomic E-state index is 0.00907. The summed E-state index contributed by atoms with van der Waals surface area (Å²) in [5.41, 5.74) is 5.97. The van der Waals surface area contributed by atoms with E-state index in [9.17, 15) is 9.18 Å². The van der Waals surface area contributed by atoms with Gasteiger partial charge in [-0.1, -0.05) is 0 Å². The Morgan fingerprint density at radius 3 is 2.55 bits per heavy atom. The van der Waals surface area contributed by atoms with Crippen molar-refractivity contribution >= 4 is 5.91 Å². The zero-order valence-electron chi connectivity index (χ0n) is 13.3. The van der Waals surface area contributed by atoms with Crippen LogP contribution in [0.2, 0.25) is 0 Å². The summed E-state index contributed by atoms with van der Waals surface area (Å²) in [6.07, 6.45) is 2.78. The Morgan fingerprint density at radius 1 is 1.32 bits per heavy atom. The largest absolute Gasteiger partial charge is 0.493 e. The second-order valence-electron chi connectivity index (χ2n) is 5.61. The molecule has 0 saturated carbocycles. The maximum absolute atomic E-state index is 14.3. The fourth-order valence-electron chi connectivity index (χ4n) is 2.93. The molecule has 0 unspecified atom stereocenters. The highest BCUT2D eigenvalue weighted by molar-refractivity contribution is 5.95. The second-order valence-corrected chi connectivity index (χ2v) is 5.61. The number of hydrogen-bond acceptors (Lipinski definition) is 4. The van der Waals surface area contributed by atoms with Crippen LogP contribution in [0.25, 0.3) is 0 Å². The maximum Gasteiger partial charge on any atom is 0.257 e. The van der Waals surface area contributed by atoms with E-state index in [1.165, 1.54) is 26.4 Å². The Bertz CT molecular complexity index is 548. The van der Waals surface area contributed by atoms with Crippen molar-refractivity contribution in [2.45, 2.75) is 38.3 Å². The van der Waals surface area contributed by atoms with E-state index >= 15 is 0 Å². The Morgan fingerprint density at radius 2 is 1.95 bits per heavy atom. The molecule has 122 valence electrons. The second kappa shape index (κ2) is 6.96. The molecule has 1 aliphatic rings. The smallest absolute Gasteiger partial charge is 0.257 e. The molecule has 1 heterocycles. The van der Waals surface area contributed by atoms with Crippen molar-refractivity contribution in [3.8, 4) is 11.5 Å². The molecule has 2 atom stereocenters. The fraction of sp³-hybridized carbons (Fsp3) is 0.562. The van der Waals surface area contributed by atoms with Gasteiger partial charge in [-0.3, -0.25) is 4.79 Å². The van der Waals surface area contributed by atoms with Crippen molar-refractivity contribution in [3.63, 3.8) is 0 Å². The molecule has 6 heteroatoms. The Balaban J connectivity index is 2.35. The number of rotatable bonds is 4. The molecule has 1 aromatic carbocycles. The number of carbonyl (C=O) groups is 1. The number of carbonyl (C=O) groups excluding carboxylic acids is 1. The van der Waals surface area contributed by atoms with Gasteiger partial charge in [0.05, 0.1) is 19.8 Å². The molecule has 1 fully saturated rings. The van der Waals surface area contributed by atoms with Gasteiger partial charge in [0.1, 0.15) is 5.82 Å². The van der Waals surface area contributed by atoms with Gasteiger partial charge in [0.15, 0.2) is 11.5 Å². The Labute approximate surface area is 130 Å². The standard InChI is InChI=1S/C16H23FN2O3/c1-10(18)13-6-4-5-7-19(13)16(20)11-8-14(21-2)15(22-3)9-12(11)17/h8-10,13H,4-7,18H2,1-3H3/t10-,13-/m0/s1. The molecular weight excluding hydrogens is 287 g/mol. The average molecular weight is 310 g/mol. The molecule has 0 spiro atoms. The summed E-state index contributed by atoms with van der Waals surface area (Å²) in [6.45, 7) is 2.47. The third kappa shape index (κ3) is 3.16. The van der Waals surface area contributed by atoms with Crippen molar-refractivity contribution in [1.29, 1.82) is 0 Å². The van der Waals surface area contributed by atoms with E-state index < -0.39 is 5.82 Å². The van der Waals surface area contributed by atoms with Crippen LogP contribution in [-0.4, -0.2) is 43.7 Å². The number of halogens is 1. The number of amides is 1. The van der Waals surface area contributed by atoms with E-state index in [4.69, 9.17) is 15.2 Å². The number of nitrogens with two attached hydrogens (primary N) is 1. The number of hydrogen-bond donors (Lipinski definition) is 1. The predicted octanol–water partition coefficient (Wildman–Crippen LogP) is 2.18. The zero-order valence-corrected chi connectivity index (χ0v) is 13.3. The molecule has 0 radical (unpaired) electrons. The zero-order chi connectivity index (χ0) is 16.3. The molecule has 1 amide bonds. The van der Waals surface area contributed by atoms with Crippen LogP contribution in [0.3, 0.4) is 0 Å². The first-order valence-corrected chi connectivity index (χ1v) is 7.47. The van der Waals surface area contributed by atoms with E-state index in [2.05, 4.69) is 0 Å². The monoisotopic (exact) mass is 310 g/mol. The molecule has 1 aromatic rings. The van der Waals surface area contributed by atoms with Gasteiger partial charge in [0, 0.05) is 24.7 Å². The number of piperidine rings is 1. The third-order valence-electron chi connectivity index (χ3n) is 4.12. The first-order valence-electron chi connectivity index (χ1n) is 7.47. The molecule has 5 nitrogen and oxygen atoms in total. The van der Waals surface area contributed by atoms with Gasteiger partial charge in [0.2, 0.25) is 0 Å². The predicted molar refractivity (Wildman–Crippen MR) is 81.8 cm³/mol. The molecule has 1 aliphatic heterocycles. The minimum Gasteiger partial charge on any atom is -0.493 e. The number of ether oxygens (including phenoxy) is 2. The first kappa shape index (κ1) is 16.5. The molecular formula is C16H23FN2O3. The quantitative estimate of drug-likeness (QED) is 0.926. The van der Waals surface area contributed by atoms with Crippen LogP contribution in [0, 0.1) is 5.82 Å². The number of methoxy groups -OCH3 is 2. The highest BCUT2D eigenvalue weighted by atomic mass is 19.1. The van der Waals surface area contributed by atoms with E-state index in [-0.39, 0.29) is 29.3 Å². The Kier molecular flexibility index (Phi) is 5.24. The Hall–Kier alpha value is -1.82. The minimum atomic E-state index is -0.614. The van der Waals surface area contributed by atoms with Crippen LogP contribution in [0.15, 0.2) is 12.1 Å². The van der Waals surface area contributed by atoms with E-state index in [1.54, 1.807) is 4.90 Å². The van der Waals surface area contributed by atoms with E-state index in [0.29, 0.717) is 12.3 Å². The summed E-state index contributed by atoms with van der Waals surface area (Å²) in [5.74, 6) is -0.363.